The summed E-state index contributed by atoms with van der Waals surface area (Å²) >= 11 is 5.98. The van der Waals surface area contributed by atoms with Crippen molar-refractivity contribution in [3.8, 4) is 0 Å². The maximum Gasteiger partial charge on any atom is 0.251 e. The summed E-state index contributed by atoms with van der Waals surface area (Å²) < 4.78 is 0. The third kappa shape index (κ3) is 2.96. The number of aliphatic hydroxyl groups excluding tert-OH is 1. The van der Waals surface area contributed by atoms with Crippen molar-refractivity contribution < 1.29 is 14.7 Å². The zero-order valence-corrected chi connectivity index (χ0v) is 13.1. The van der Waals surface area contributed by atoms with E-state index in [2.05, 4.69) is 0 Å². The summed E-state index contributed by atoms with van der Waals surface area (Å²) in [6.07, 6.45) is 1.91. The van der Waals surface area contributed by atoms with Crippen LogP contribution in [0.1, 0.15) is 24.8 Å². The first-order valence-corrected chi connectivity index (χ1v) is 7.99. The summed E-state index contributed by atoms with van der Waals surface area (Å²) in [4.78, 5) is 27.8. The van der Waals surface area contributed by atoms with Gasteiger partial charge in [-0.25, -0.2) is 0 Å². The molecule has 2 aliphatic heterocycles. The highest BCUT2D eigenvalue weighted by Gasteiger charge is 2.30. The number of anilines is 1. The Bertz CT molecular complexity index is 605. The van der Waals surface area contributed by atoms with Crippen molar-refractivity contribution in [1.82, 2.24) is 4.90 Å². The number of rotatable bonds is 2. The quantitative estimate of drug-likeness (QED) is 0.899. The Labute approximate surface area is 134 Å². The molecule has 1 saturated heterocycles. The van der Waals surface area contributed by atoms with Gasteiger partial charge in [-0.2, -0.15) is 0 Å². The van der Waals surface area contributed by atoms with Crippen LogP contribution in [-0.2, 0) is 16.0 Å². The molecule has 1 atom stereocenters. The number of hydrogen-bond acceptors (Lipinski definition) is 3. The second-order valence-electron chi connectivity index (χ2n) is 5.84. The lowest BCUT2D eigenvalue weighted by atomic mass is 10.2. The normalized spacial score (nSPS) is 21.7. The van der Waals surface area contributed by atoms with E-state index < -0.39 is 6.10 Å². The summed E-state index contributed by atoms with van der Waals surface area (Å²) in [5.74, 6) is -0.440. The molecule has 0 radical (unpaired) electrons. The standard InChI is InChI=1S/C16H19ClN2O3/c17-12-4-5-13-11(9-12)6-8-19(13)15(21)10-18-7-2-1-3-14(20)16(18)22/h4-5,9,14,20H,1-3,6-8,10H2. The second-order valence-corrected chi connectivity index (χ2v) is 6.28. The van der Waals surface area contributed by atoms with Crippen LogP contribution in [0.4, 0.5) is 5.69 Å². The third-order valence-corrected chi connectivity index (χ3v) is 4.55. The van der Waals surface area contributed by atoms with Gasteiger partial charge in [-0.05, 0) is 49.4 Å². The topological polar surface area (TPSA) is 60.9 Å². The zero-order valence-electron chi connectivity index (χ0n) is 12.3. The summed E-state index contributed by atoms with van der Waals surface area (Å²) in [5, 5.41) is 10.4. The van der Waals surface area contributed by atoms with Gasteiger partial charge in [0.05, 0.1) is 0 Å². The molecular weight excluding hydrogens is 304 g/mol. The largest absolute Gasteiger partial charge is 0.383 e. The van der Waals surface area contributed by atoms with Gasteiger partial charge in [0, 0.05) is 23.8 Å². The molecule has 0 saturated carbocycles. The Hall–Kier alpha value is -1.59. The number of likely N-dealkylation sites (tertiary alicyclic amines) is 1. The summed E-state index contributed by atoms with van der Waals surface area (Å²) in [5.41, 5.74) is 1.93. The molecule has 0 aliphatic carbocycles. The fourth-order valence-corrected chi connectivity index (χ4v) is 3.31. The average molecular weight is 323 g/mol. The first-order chi connectivity index (χ1) is 10.6. The van der Waals surface area contributed by atoms with Gasteiger partial charge < -0.3 is 14.9 Å². The summed E-state index contributed by atoms with van der Waals surface area (Å²) in [6, 6.07) is 5.50. The van der Waals surface area contributed by atoms with Crippen molar-refractivity contribution in [2.24, 2.45) is 0 Å². The van der Waals surface area contributed by atoms with E-state index in [-0.39, 0.29) is 18.4 Å². The number of halogens is 1. The number of nitrogens with zero attached hydrogens (tertiary/aromatic N) is 2. The van der Waals surface area contributed by atoms with Crippen LogP contribution in [-0.4, -0.2) is 47.6 Å². The molecule has 0 spiro atoms. The fraction of sp³-hybridized carbons (Fsp3) is 0.500. The van der Waals surface area contributed by atoms with Gasteiger partial charge in [-0.1, -0.05) is 11.6 Å². The van der Waals surface area contributed by atoms with Crippen LogP contribution < -0.4 is 4.90 Å². The van der Waals surface area contributed by atoms with Gasteiger partial charge in [0.15, 0.2) is 0 Å². The molecule has 118 valence electrons. The van der Waals surface area contributed by atoms with E-state index in [0.29, 0.717) is 24.5 Å². The molecule has 0 bridgehead atoms. The van der Waals surface area contributed by atoms with Gasteiger partial charge in [0.25, 0.3) is 5.91 Å². The molecule has 3 rings (SSSR count). The number of aliphatic hydroxyl groups is 1. The van der Waals surface area contributed by atoms with E-state index >= 15 is 0 Å². The summed E-state index contributed by atoms with van der Waals surface area (Å²) in [7, 11) is 0. The van der Waals surface area contributed by atoms with Crippen LogP contribution in [0, 0.1) is 0 Å². The molecule has 2 aliphatic rings. The van der Waals surface area contributed by atoms with Crippen molar-refractivity contribution in [3.63, 3.8) is 0 Å². The minimum absolute atomic E-state index is 0.0258. The van der Waals surface area contributed by atoms with Gasteiger partial charge in [-0.3, -0.25) is 9.59 Å². The fourth-order valence-electron chi connectivity index (χ4n) is 3.12. The lowest BCUT2D eigenvalue weighted by molar-refractivity contribution is -0.142. The van der Waals surface area contributed by atoms with Crippen LogP contribution in [0.3, 0.4) is 0 Å². The van der Waals surface area contributed by atoms with Crippen molar-refractivity contribution in [2.75, 3.05) is 24.5 Å². The monoisotopic (exact) mass is 322 g/mol. The molecule has 1 N–H and O–H groups in total. The lowest BCUT2D eigenvalue weighted by Crippen LogP contribution is -2.45. The van der Waals surface area contributed by atoms with Crippen LogP contribution >= 0.6 is 11.6 Å². The highest BCUT2D eigenvalue weighted by atomic mass is 35.5. The van der Waals surface area contributed by atoms with Crippen molar-refractivity contribution in [2.45, 2.75) is 31.8 Å². The second kappa shape index (κ2) is 6.26. The molecule has 6 heteroatoms. The lowest BCUT2D eigenvalue weighted by Gasteiger charge is -2.25. The molecule has 1 unspecified atom stereocenters. The van der Waals surface area contributed by atoms with Crippen molar-refractivity contribution >= 4 is 29.1 Å². The molecule has 0 aromatic heterocycles. The Morgan fingerprint density at radius 2 is 2.14 bits per heavy atom. The first kappa shape index (κ1) is 15.3. The zero-order chi connectivity index (χ0) is 15.7. The Morgan fingerprint density at radius 3 is 2.95 bits per heavy atom. The third-order valence-electron chi connectivity index (χ3n) is 4.32. The van der Waals surface area contributed by atoms with E-state index in [4.69, 9.17) is 11.6 Å². The summed E-state index contributed by atoms with van der Waals surface area (Å²) in [6.45, 7) is 1.17. The molecule has 1 fully saturated rings. The van der Waals surface area contributed by atoms with Gasteiger partial charge in [0.2, 0.25) is 5.91 Å². The predicted molar refractivity (Wildman–Crippen MR) is 83.9 cm³/mol. The van der Waals surface area contributed by atoms with Crippen LogP contribution in [0.2, 0.25) is 5.02 Å². The molecule has 2 amide bonds. The molecular formula is C16H19ClN2O3. The maximum absolute atomic E-state index is 12.5. The molecule has 1 aromatic rings. The SMILES string of the molecule is O=C1C(O)CCCCN1CC(=O)N1CCc2cc(Cl)ccc21. The molecule has 22 heavy (non-hydrogen) atoms. The number of benzene rings is 1. The van der Waals surface area contributed by atoms with Gasteiger partial charge >= 0.3 is 0 Å². The smallest absolute Gasteiger partial charge is 0.251 e. The number of amides is 2. The number of hydrogen-bond donors (Lipinski definition) is 1. The Morgan fingerprint density at radius 1 is 1.32 bits per heavy atom. The number of fused-ring (bicyclic) bond motifs is 1. The van der Waals surface area contributed by atoms with E-state index in [1.807, 2.05) is 12.1 Å². The van der Waals surface area contributed by atoms with Crippen molar-refractivity contribution in [3.05, 3.63) is 28.8 Å². The minimum Gasteiger partial charge on any atom is -0.383 e. The van der Waals surface area contributed by atoms with E-state index in [9.17, 15) is 14.7 Å². The van der Waals surface area contributed by atoms with Crippen LogP contribution in [0.15, 0.2) is 18.2 Å². The van der Waals surface area contributed by atoms with E-state index in [1.54, 1.807) is 11.0 Å². The molecule has 5 nitrogen and oxygen atoms in total. The van der Waals surface area contributed by atoms with E-state index in [1.165, 1.54) is 4.90 Å². The van der Waals surface area contributed by atoms with Gasteiger partial charge in [0.1, 0.15) is 12.6 Å². The highest BCUT2D eigenvalue weighted by molar-refractivity contribution is 6.30. The van der Waals surface area contributed by atoms with Crippen LogP contribution in [0.5, 0.6) is 0 Å². The average Bonchev–Trinajstić information content (AvgIpc) is 2.85. The van der Waals surface area contributed by atoms with Gasteiger partial charge in [-0.15, -0.1) is 0 Å². The Kier molecular flexibility index (Phi) is 4.36. The van der Waals surface area contributed by atoms with Crippen molar-refractivity contribution in [1.29, 1.82) is 0 Å². The maximum atomic E-state index is 12.5. The Balaban J connectivity index is 1.72. The first-order valence-electron chi connectivity index (χ1n) is 7.62. The molecule has 2 heterocycles. The van der Waals surface area contributed by atoms with Crippen LogP contribution in [0.25, 0.3) is 0 Å². The molecule has 1 aromatic carbocycles. The minimum atomic E-state index is -0.972. The highest BCUT2D eigenvalue weighted by Crippen LogP contribution is 2.30. The number of carbonyl (C=O) groups excluding carboxylic acids is 2. The van der Waals surface area contributed by atoms with E-state index in [0.717, 1.165) is 30.5 Å². The predicted octanol–water partition coefficient (Wildman–Crippen LogP) is 1.60. The number of carbonyl (C=O) groups is 2.